The summed E-state index contributed by atoms with van der Waals surface area (Å²) in [6.45, 7) is 5.38. The van der Waals surface area contributed by atoms with Gasteiger partial charge in [0.2, 0.25) is 10.8 Å². The Morgan fingerprint density at radius 1 is 1.38 bits per heavy atom. The molecule has 0 bridgehead atoms. The maximum absolute atomic E-state index is 13.9. The molecule has 1 aromatic carbocycles. The summed E-state index contributed by atoms with van der Waals surface area (Å²) in [6, 6.07) is 2.58. The second-order valence-electron chi connectivity index (χ2n) is 7.27. The standard InChI is InChI=1S/C18H18Cl2FN5O2S/c1-9(14-11(19)4-5-12(21)15(14)20)29(27)13-6-7-26-17(23-13)10(8-22-26)16-24-18(2,3)28-25-16/h4-10,17H,1-3H3,(H,24,25)/t9-,10?,17?,29?/m1/s1. The van der Waals surface area contributed by atoms with E-state index in [0.29, 0.717) is 16.4 Å². The minimum Gasteiger partial charge on any atom is -0.610 e. The Balaban J connectivity index is 1.59. The SMILES string of the molecule is C[C@H](c1c(Cl)ccc(F)c1Cl)[S+]([O-])C1=NC2C(C3=NOC(C)(C)N3)C=NN2C=C1. The van der Waals surface area contributed by atoms with Crippen molar-refractivity contribution in [1.29, 1.82) is 0 Å². The van der Waals surface area contributed by atoms with Gasteiger partial charge < -0.3 is 14.7 Å². The summed E-state index contributed by atoms with van der Waals surface area (Å²) in [4.78, 5) is 9.98. The highest BCUT2D eigenvalue weighted by atomic mass is 35.5. The van der Waals surface area contributed by atoms with E-state index < -0.39 is 34.1 Å². The lowest BCUT2D eigenvalue weighted by atomic mass is 10.1. The van der Waals surface area contributed by atoms with Gasteiger partial charge in [-0.05, 0) is 32.9 Å². The topological polar surface area (TPSA) is 84.6 Å². The van der Waals surface area contributed by atoms with Crippen molar-refractivity contribution in [2.75, 3.05) is 0 Å². The number of hydrogen-bond donors (Lipinski definition) is 1. The van der Waals surface area contributed by atoms with E-state index in [0.717, 1.165) is 0 Å². The van der Waals surface area contributed by atoms with Crippen molar-refractivity contribution < 1.29 is 13.8 Å². The average molecular weight is 458 g/mol. The van der Waals surface area contributed by atoms with Gasteiger partial charge in [-0.1, -0.05) is 28.4 Å². The Labute approximate surface area is 180 Å². The Bertz CT molecular complexity index is 968. The third-order valence-electron chi connectivity index (χ3n) is 4.71. The van der Waals surface area contributed by atoms with Crippen molar-refractivity contribution in [2.45, 2.75) is 37.9 Å². The Morgan fingerprint density at radius 3 is 2.83 bits per heavy atom. The van der Waals surface area contributed by atoms with Crippen LogP contribution in [0.25, 0.3) is 0 Å². The van der Waals surface area contributed by atoms with Crippen molar-refractivity contribution in [2.24, 2.45) is 21.2 Å². The molecule has 0 aromatic heterocycles. The molecule has 1 aromatic rings. The lowest BCUT2D eigenvalue weighted by Gasteiger charge is -2.27. The van der Waals surface area contributed by atoms with Crippen LogP contribution in [-0.4, -0.2) is 38.5 Å². The average Bonchev–Trinajstić information content (AvgIpc) is 3.26. The monoisotopic (exact) mass is 457 g/mol. The Hall–Kier alpha value is -1.81. The van der Waals surface area contributed by atoms with E-state index in [-0.39, 0.29) is 16.0 Å². The highest BCUT2D eigenvalue weighted by molar-refractivity contribution is 8.07. The van der Waals surface area contributed by atoms with Gasteiger partial charge in [0.25, 0.3) is 0 Å². The molecule has 0 spiro atoms. The van der Waals surface area contributed by atoms with Gasteiger partial charge in [-0.2, -0.15) is 5.10 Å². The van der Waals surface area contributed by atoms with Gasteiger partial charge in [0.1, 0.15) is 11.1 Å². The summed E-state index contributed by atoms with van der Waals surface area (Å²) in [5.74, 6) is -0.301. The molecule has 4 rings (SSSR count). The zero-order chi connectivity index (χ0) is 20.9. The van der Waals surface area contributed by atoms with Gasteiger partial charge >= 0.3 is 0 Å². The zero-order valence-electron chi connectivity index (χ0n) is 15.8. The van der Waals surface area contributed by atoms with Crippen molar-refractivity contribution >= 4 is 51.5 Å². The molecule has 29 heavy (non-hydrogen) atoms. The fourth-order valence-corrected chi connectivity index (χ4v) is 5.29. The molecule has 3 aliphatic rings. The summed E-state index contributed by atoms with van der Waals surface area (Å²) < 4.78 is 27.1. The smallest absolute Gasteiger partial charge is 0.244 e. The van der Waals surface area contributed by atoms with E-state index in [1.807, 2.05) is 13.8 Å². The predicted molar refractivity (Wildman–Crippen MR) is 113 cm³/mol. The molecule has 0 radical (unpaired) electrons. The summed E-state index contributed by atoms with van der Waals surface area (Å²) >= 11 is 10.7. The van der Waals surface area contributed by atoms with Gasteiger partial charge in [-0.25, -0.2) is 14.4 Å². The van der Waals surface area contributed by atoms with Crippen LogP contribution in [0.2, 0.25) is 10.0 Å². The van der Waals surface area contributed by atoms with Crippen LogP contribution in [0, 0.1) is 11.7 Å². The van der Waals surface area contributed by atoms with E-state index >= 15 is 0 Å². The minimum atomic E-state index is -1.62. The van der Waals surface area contributed by atoms with E-state index in [4.69, 9.17) is 28.0 Å². The Kier molecular flexibility index (Phi) is 5.27. The van der Waals surface area contributed by atoms with E-state index in [9.17, 15) is 8.94 Å². The van der Waals surface area contributed by atoms with E-state index in [2.05, 4.69) is 20.6 Å². The van der Waals surface area contributed by atoms with Crippen molar-refractivity contribution in [1.82, 2.24) is 10.3 Å². The van der Waals surface area contributed by atoms with Gasteiger partial charge in [0.05, 0.1) is 16.0 Å². The van der Waals surface area contributed by atoms with Crippen LogP contribution < -0.4 is 5.32 Å². The van der Waals surface area contributed by atoms with Crippen molar-refractivity contribution in [3.63, 3.8) is 0 Å². The van der Waals surface area contributed by atoms with Crippen LogP contribution in [0.4, 0.5) is 4.39 Å². The molecule has 3 unspecified atom stereocenters. The molecule has 154 valence electrons. The zero-order valence-corrected chi connectivity index (χ0v) is 18.1. The molecular weight excluding hydrogens is 440 g/mol. The highest BCUT2D eigenvalue weighted by Crippen LogP contribution is 2.38. The van der Waals surface area contributed by atoms with Gasteiger partial charge in [-0.15, -0.1) is 0 Å². The molecule has 0 saturated heterocycles. The molecule has 0 aliphatic carbocycles. The number of hydrogen-bond acceptors (Lipinski definition) is 7. The fourth-order valence-electron chi connectivity index (χ4n) is 3.23. The third kappa shape index (κ3) is 3.72. The number of oxime groups is 1. The summed E-state index contributed by atoms with van der Waals surface area (Å²) in [5, 5.41) is 13.0. The second kappa shape index (κ2) is 7.46. The van der Waals surface area contributed by atoms with Crippen LogP contribution in [0.1, 0.15) is 31.6 Å². The number of rotatable bonds is 3. The molecule has 7 nitrogen and oxygen atoms in total. The van der Waals surface area contributed by atoms with Crippen LogP contribution in [0.15, 0.2) is 39.7 Å². The number of hydrazone groups is 1. The fraction of sp³-hybridized carbons (Fsp3) is 0.389. The first-order valence-corrected chi connectivity index (χ1v) is 10.8. The number of benzene rings is 1. The van der Waals surface area contributed by atoms with Gasteiger partial charge in [0.15, 0.2) is 12.0 Å². The van der Waals surface area contributed by atoms with Crippen LogP contribution in [0.5, 0.6) is 0 Å². The van der Waals surface area contributed by atoms with Crippen LogP contribution >= 0.6 is 23.2 Å². The number of nitrogens with zero attached hydrogens (tertiary/aromatic N) is 4. The van der Waals surface area contributed by atoms with Crippen molar-refractivity contribution in [3.05, 3.63) is 45.8 Å². The summed E-state index contributed by atoms with van der Waals surface area (Å²) in [7, 11) is 0. The molecule has 1 N–H and O–H groups in total. The van der Waals surface area contributed by atoms with Crippen LogP contribution in [-0.2, 0) is 16.0 Å². The first-order valence-electron chi connectivity index (χ1n) is 8.84. The number of fused-ring (bicyclic) bond motifs is 1. The molecule has 3 heterocycles. The maximum Gasteiger partial charge on any atom is 0.244 e. The molecule has 3 aliphatic heterocycles. The minimum absolute atomic E-state index is 0.133. The maximum atomic E-state index is 13.9. The first kappa shape index (κ1) is 20.5. The van der Waals surface area contributed by atoms with Gasteiger partial charge in [-0.3, -0.25) is 0 Å². The Morgan fingerprint density at radius 2 is 2.14 bits per heavy atom. The largest absolute Gasteiger partial charge is 0.610 e. The quantitative estimate of drug-likeness (QED) is 0.552. The predicted octanol–water partition coefficient (Wildman–Crippen LogP) is 3.78. The highest BCUT2D eigenvalue weighted by Gasteiger charge is 2.42. The first-order chi connectivity index (χ1) is 13.7. The number of amidine groups is 1. The lowest BCUT2D eigenvalue weighted by Crippen LogP contribution is -2.45. The lowest BCUT2D eigenvalue weighted by molar-refractivity contribution is -0.00234. The third-order valence-corrected chi connectivity index (χ3v) is 6.96. The number of aliphatic imine (C=N–C) groups is 1. The molecule has 0 saturated carbocycles. The molecule has 0 amide bonds. The molecule has 0 fully saturated rings. The van der Waals surface area contributed by atoms with Crippen LogP contribution in [0.3, 0.4) is 0 Å². The second-order valence-corrected chi connectivity index (χ2v) is 9.77. The van der Waals surface area contributed by atoms with Gasteiger partial charge in [0, 0.05) is 35.2 Å². The summed E-state index contributed by atoms with van der Waals surface area (Å²) in [5.41, 5.74) is -0.322. The molecule has 11 heteroatoms. The van der Waals surface area contributed by atoms with Crippen molar-refractivity contribution in [3.8, 4) is 0 Å². The van der Waals surface area contributed by atoms with E-state index in [1.165, 1.54) is 12.1 Å². The molecular formula is C18H18Cl2FN5O2S. The number of halogens is 3. The summed E-state index contributed by atoms with van der Waals surface area (Å²) in [6.07, 6.45) is 4.58. The van der Waals surface area contributed by atoms with E-state index in [1.54, 1.807) is 30.4 Å². The normalized spacial score (nSPS) is 26.4. The number of nitrogens with one attached hydrogen (secondary N) is 1. The molecule has 4 atom stereocenters.